The lowest BCUT2D eigenvalue weighted by atomic mass is 9.97. The molecule has 3 rings (SSSR count). The Morgan fingerprint density at radius 1 is 1.07 bits per heavy atom. The highest BCUT2D eigenvalue weighted by Crippen LogP contribution is 2.27. The van der Waals surface area contributed by atoms with Crippen LogP contribution in [0, 0.1) is 11.7 Å². The van der Waals surface area contributed by atoms with Gasteiger partial charge in [0.15, 0.2) is 0 Å². The number of halogens is 1. The van der Waals surface area contributed by atoms with Crippen molar-refractivity contribution in [3.8, 4) is 0 Å². The third-order valence-electron chi connectivity index (χ3n) is 4.85. The fourth-order valence-corrected chi connectivity index (χ4v) is 4.89. The van der Waals surface area contributed by atoms with Gasteiger partial charge in [-0.3, -0.25) is 4.79 Å². The van der Waals surface area contributed by atoms with Crippen LogP contribution in [0.15, 0.2) is 53.4 Å². The fraction of sp³-hybridized carbons (Fsp3) is 0.300. The molecule has 9 heteroatoms. The van der Waals surface area contributed by atoms with Crippen LogP contribution in [-0.2, 0) is 19.6 Å². The maximum atomic E-state index is 13.0. The van der Waals surface area contributed by atoms with E-state index in [-0.39, 0.29) is 35.4 Å². The molecule has 1 amide bonds. The van der Waals surface area contributed by atoms with Gasteiger partial charge in [0.25, 0.3) is 0 Å². The van der Waals surface area contributed by atoms with Crippen LogP contribution in [0.25, 0.3) is 0 Å². The highest BCUT2D eigenvalue weighted by atomic mass is 32.2. The number of carbonyl (C=O) groups is 2. The van der Waals surface area contributed by atoms with E-state index >= 15 is 0 Å². The Labute approximate surface area is 168 Å². The first-order valence-corrected chi connectivity index (χ1v) is 10.5. The molecular formula is C20H21FN2O5S. The van der Waals surface area contributed by atoms with Gasteiger partial charge >= 0.3 is 5.97 Å². The van der Waals surface area contributed by atoms with Crippen LogP contribution in [0.5, 0.6) is 0 Å². The minimum Gasteiger partial charge on any atom is -0.465 e. The van der Waals surface area contributed by atoms with Gasteiger partial charge in [-0.1, -0.05) is 12.1 Å². The number of esters is 1. The van der Waals surface area contributed by atoms with E-state index in [4.69, 9.17) is 0 Å². The number of piperidine rings is 1. The zero-order valence-electron chi connectivity index (χ0n) is 15.8. The molecule has 2 aromatic carbocycles. The smallest absolute Gasteiger partial charge is 0.339 e. The number of nitrogens with one attached hydrogen (secondary N) is 1. The zero-order chi connectivity index (χ0) is 21.0. The van der Waals surface area contributed by atoms with Crippen LogP contribution in [0.2, 0.25) is 0 Å². The third kappa shape index (κ3) is 4.63. The molecule has 1 heterocycles. The maximum Gasteiger partial charge on any atom is 0.339 e. The molecule has 29 heavy (non-hydrogen) atoms. The Kier molecular flexibility index (Phi) is 6.29. The topological polar surface area (TPSA) is 92.8 Å². The predicted octanol–water partition coefficient (Wildman–Crippen LogP) is 2.65. The van der Waals surface area contributed by atoms with Crippen LogP contribution < -0.4 is 5.32 Å². The largest absolute Gasteiger partial charge is 0.465 e. The van der Waals surface area contributed by atoms with E-state index in [1.165, 1.54) is 47.8 Å². The standard InChI is InChI=1S/C20H21FN2O5S/c1-28-20(25)17-4-2-3-5-18(17)29(26,27)23-12-10-14(11-13-23)19(24)22-16-8-6-15(21)7-9-16/h2-9,14H,10-13H2,1H3,(H,22,24). The Hall–Kier alpha value is -2.78. The first kappa shape index (κ1) is 20.9. The SMILES string of the molecule is COC(=O)c1ccccc1S(=O)(=O)N1CCC(C(=O)Nc2ccc(F)cc2)CC1. The van der Waals surface area contributed by atoms with Crippen molar-refractivity contribution in [2.45, 2.75) is 17.7 Å². The molecule has 0 aliphatic carbocycles. The van der Waals surface area contributed by atoms with Gasteiger partial charge in [-0.05, 0) is 49.2 Å². The monoisotopic (exact) mass is 420 g/mol. The molecule has 1 aliphatic heterocycles. The Morgan fingerprint density at radius 2 is 1.69 bits per heavy atom. The summed E-state index contributed by atoms with van der Waals surface area (Å²) in [5.74, 6) is -1.71. The molecular weight excluding hydrogens is 399 g/mol. The van der Waals surface area contributed by atoms with Crippen LogP contribution in [0.4, 0.5) is 10.1 Å². The van der Waals surface area contributed by atoms with Gasteiger partial charge in [-0.15, -0.1) is 0 Å². The van der Waals surface area contributed by atoms with Gasteiger partial charge in [0.05, 0.1) is 17.6 Å². The number of ether oxygens (including phenoxy) is 1. The van der Waals surface area contributed by atoms with Crippen molar-refractivity contribution in [1.29, 1.82) is 0 Å². The summed E-state index contributed by atoms with van der Waals surface area (Å²) in [4.78, 5) is 24.2. The molecule has 7 nitrogen and oxygen atoms in total. The molecule has 2 aromatic rings. The number of methoxy groups -OCH3 is 1. The zero-order valence-corrected chi connectivity index (χ0v) is 16.6. The van der Waals surface area contributed by atoms with Gasteiger partial charge < -0.3 is 10.1 Å². The molecule has 1 saturated heterocycles. The quantitative estimate of drug-likeness (QED) is 0.751. The summed E-state index contributed by atoms with van der Waals surface area (Å²) in [6.45, 7) is 0.304. The number of hydrogen-bond acceptors (Lipinski definition) is 5. The normalized spacial score (nSPS) is 15.7. The molecule has 0 aromatic heterocycles. The second-order valence-electron chi connectivity index (χ2n) is 6.66. The van der Waals surface area contributed by atoms with Crippen LogP contribution in [-0.4, -0.2) is 44.8 Å². The molecule has 0 atom stereocenters. The van der Waals surface area contributed by atoms with Gasteiger partial charge in [-0.25, -0.2) is 17.6 Å². The van der Waals surface area contributed by atoms with Crippen molar-refractivity contribution >= 4 is 27.6 Å². The van der Waals surface area contributed by atoms with Crippen molar-refractivity contribution in [2.24, 2.45) is 5.92 Å². The van der Waals surface area contributed by atoms with E-state index in [2.05, 4.69) is 10.1 Å². The number of nitrogens with zero attached hydrogens (tertiary/aromatic N) is 1. The summed E-state index contributed by atoms with van der Waals surface area (Å²) in [5.41, 5.74) is 0.463. The summed E-state index contributed by atoms with van der Waals surface area (Å²) < 4.78 is 44.9. The minimum absolute atomic E-state index is 0.0221. The Balaban J connectivity index is 1.68. The van der Waals surface area contributed by atoms with Crippen molar-refractivity contribution in [2.75, 3.05) is 25.5 Å². The van der Waals surface area contributed by atoms with Crippen LogP contribution in [0.1, 0.15) is 23.2 Å². The number of carbonyl (C=O) groups excluding carboxylic acids is 2. The third-order valence-corrected chi connectivity index (χ3v) is 6.80. The predicted molar refractivity (Wildman–Crippen MR) is 104 cm³/mol. The number of hydrogen-bond donors (Lipinski definition) is 1. The molecule has 0 saturated carbocycles. The molecule has 1 fully saturated rings. The number of rotatable bonds is 5. The minimum atomic E-state index is -3.90. The molecule has 0 spiro atoms. The molecule has 154 valence electrons. The summed E-state index contributed by atoms with van der Waals surface area (Å²) in [6.07, 6.45) is 0.680. The Morgan fingerprint density at radius 3 is 2.31 bits per heavy atom. The van der Waals surface area contributed by atoms with Crippen LogP contribution >= 0.6 is 0 Å². The van der Waals surface area contributed by atoms with Crippen molar-refractivity contribution in [3.63, 3.8) is 0 Å². The summed E-state index contributed by atoms with van der Waals surface area (Å²) in [6, 6.07) is 11.3. The number of anilines is 1. The fourth-order valence-electron chi connectivity index (χ4n) is 3.25. The number of sulfonamides is 1. The lowest BCUT2D eigenvalue weighted by Gasteiger charge is -2.30. The average molecular weight is 420 g/mol. The van der Waals surface area contributed by atoms with Crippen molar-refractivity contribution in [3.05, 3.63) is 59.9 Å². The molecule has 0 radical (unpaired) electrons. The molecule has 0 bridgehead atoms. The highest BCUT2D eigenvalue weighted by Gasteiger charge is 2.34. The lowest BCUT2D eigenvalue weighted by Crippen LogP contribution is -2.41. The lowest BCUT2D eigenvalue weighted by molar-refractivity contribution is -0.120. The molecule has 1 N–H and O–H groups in total. The van der Waals surface area contributed by atoms with E-state index in [0.717, 1.165) is 0 Å². The van der Waals surface area contributed by atoms with Crippen molar-refractivity contribution < 1.29 is 27.1 Å². The molecule has 1 aliphatic rings. The van der Waals surface area contributed by atoms with E-state index in [9.17, 15) is 22.4 Å². The average Bonchev–Trinajstić information content (AvgIpc) is 2.74. The van der Waals surface area contributed by atoms with E-state index in [1.807, 2.05) is 0 Å². The molecule has 0 unspecified atom stereocenters. The first-order valence-electron chi connectivity index (χ1n) is 9.07. The van der Waals surface area contributed by atoms with Crippen LogP contribution in [0.3, 0.4) is 0 Å². The summed E-state index contributed by atoms with van der Waals surface area (Å²) in [5, 5.41) is 2.72. The number of benzene rings is 2. The van der Waals surface area contributed by atoms with Gasteiger partial charge in [-0.2, -0.15) is 4.31 Å². The Bertz CT molecular complexity index is 1000. The van der Waals surface area contributed by atoms with E-state index < -0.39 is 21.8 Å². The summed E-state index contributed by atoms with van der Waals surface area (Å²) >= 11 is 0. The second kappa shape index (κ2) is 8.71. The van der Waals surface area contributed by atoms with Gasteiger partial charge in [0.2, 0.25) is 15.9 Å². The second-order valence-corrected chi connectivity index (χ2v) is 8.57. The van der Waals surface area contributed by atoms with Gasteiger partial charge in [0, 0.05) is 24.7 Å². The first-order chi connectivity index (χ1) is 13.8. The number of amides is 1. The van der Waals surface area contributed by atoms with Gasteiger partial charge in [0.1, 0.15) is 5.82 Å². The highest BCUT2D eigenvalue weighted by molar-refractivity contribution is 7.89. The van der Waals surface area contributed by atoms with E-state index in [1.54, 1.807) is 12.1 Å². The van der Waals surface area contributed by atoms with Crippen molar-refractivity contribution in [1.82, 2.24) is 4.31 Å². The van der Waals surface area contributed by atoms with E-state index in [0.29, 0.717) is 18.5 Å². The maximum absolute atomic E-state index is 13.0. The summed E-state index contributed by atoms with van der Waals surface area (Å²) in [7, 11) is -2.71.